The first-order chi connectivity index (χ1) is 15.6. The monoisotopic (exact) mass is 430 g/mol. The summed E-state index contributed by atoms with van der Waals surface area (Å²) in [6.07, 6.45) is 11.1. The quantitative estimate of drug-likeness (QED) is 0.469. The highest BCUT2D eigenvalue weighted by Crippen LogP contribution is 2.48. The second-order valence-corrected chi connectivity index (χ2v) is 8.62. The molecule has 0 aromatic carbocycles. The Morgan fingerprint density at radius 1 is 1.28 bits per heavy atom. The number of amides is 1. The van der Waals surface area contributed by atoms with Crippen molar-refractivity contribution in [2.45, 2.75) is 44.3 Å². The number of likely N-dealkylation sites (N-methyl/N-ethyl adjacent to an activating group) is 1. The number of hydrogen-bond donors (Lipinski definition) is 2. The van der Waals surface area contributed by atoms with Crippen LogP contribution in [-0.2, 0) is 4.79 Å². The minimum atomic E-state index is -0.346. The van der Waals surface area contributed by atoms with E-state index in [-0.39, 0.29) is 17.6 Å². The van der Waals surface area contributed by atoms with E-state index in [9.17, 15) is 10.1 Å². The largest absolute Gasteiger partial charge is 0.457 e. The van der Waals surface area contributed by atoms with Crippen molar-refractivity contribution < 1.29 is 9.21 Å². The number of fused-ring (bicyclic) bond motifs is 3. The number of hydrogen-bond acceptors (Lipinski definition) is 6. The van der Waals surface area contributed by atoms with Gasteiger partial charge in [0.15, 0.2) is 6.17 Å². The van der Waals surface area contributed by atoms with Crippen molar-refractivity contribution >= 4 is 34.4 Å². The van der Waals surface area contributed by atoms with Crippen LogP contribution in [0, 0.1) is 11.3 Å². The van der Waals surface area contributed by atoms with Crippen molar-refractivity contribution in [3.63, 3.8) is 0 Å². The molecule has 2 N–H and O–H groups in total. The zero-order valence-electron chi connectivity index (χ0n) is 18.3. The number of carbonyl (C=O) groups is 1. The van der Waals surface area contributed by atoms with Crippen LogP contribution < -0.4 is 10.2 Å². The average molecular weight is 431 g/mol. The van der Waals surface area contributed by atoms with Crippen molar-refractivity contribution in [3.8, 4) is 6.07 Å². The normalized spacial score (nSPS) is 19.0. The van der Waals surface area contributed by atoms with Gasteiger partial charge in [-0.25, -0.2) is 4.98 Å². The third-order valence-electron chi connectivity index (χ3n) is 6.32. The molecule has 2 aliphatic rings. The molecule has 3 aromatic rings. The van der Waals surface area contributed by atoms with Crippen LogP contribution in [0.1, 0.15) is 49.8 Å². The molecule has 1 aliphatic heterocycles. The summed E-state index contributed by atoms with van der Waals surface area (Å²) >= 11 is 0. The van der Waals surface area contributed by atoms with Gasteiger partial charge in [-0.2, -0.15) is 5.26 Å². The molecule has 1 amide bonds. The fourth-order valence-corrected chi connectivity index (χ4v) is 4.80. The van der Waals surface area contributed by atoms with Crippen molar-refractivity contribution in [2.75, 3.05) is 24.3 Å². The number of anilines is 2. The first kappa shape index (κ1) is 20.2. The zero-order chi connectivity index (χ0) is 22.2. The van der Waals surface area contributed by atoms with E-state index in [1.807, 2.05) is 30.6 Å². The maximum atomic E-state index is 12.2. The number of furan rings is 1. The summed E-state index contributed by atoms with van der Waals surface area (Å²) in [5.74, 6) is 0.885. The van der Waals surface area contributed by atoms with Gasteiger partial charge in [0.05, 0.1) is 17.6 Å². The number of nitrogens with one attached hydrogen (secondary N) is 2. The molecular formula is C24H26N6O2. The lowest BCUT2D eigenvalue weighted by atomic mass is 9.93. The predicted molar refractivity (Wildman–Crippen MR) is 123 cm³/mol. The van der Waals surface area contributed by atoms with Crippen LogP contribution in [0.5, 0.6) is 0 Å². The average Bonchev–Trinajstić information content (AvgIpc) is 3.54. The van der Waals surface area contributed by atoms with Crippen LogP contribution in [0.25, 0.3) is 17.1 Å². The Hall–Kier alpha value is -3.73. The van der Waals surface area contributed by atoms with Crippen molar-refractivity contribution in [3.05, 3.63) is 47.7 Å². The molecule has 0 bridgehead atoms. The van der Waals surface area contributed by atoms with Gasteiger partial charge in [0, 0.05) is 37.8 Å². The first-order valence-corrected chi connectivity index (χ1v) is 11.0. The first-order valence-electron chi connectivity index (χ1n) is 11.0. The number of nitriles is 1. The smallest absolute Gasteiger partial charge is 0.264 e. The van der Waals surface area contributed by atoms with Gasteiger partial charge in [0.2, 0.25) is 0 Å². The van der Waals surface area contributed by atoms with Gasteiger partial charge in [-0.3, -0.25) is 4.79 Å². The topological polar surface area (TPSA) is 101 Å². The Morgan fingerprint density at radius 3 is 2.84 bits per heavy atom. The fourth-order valence-electron chi connectivity index (χ4n) is 4.80. The molecule has 1 saturated carbocycles. The maximum absolute atomic E-state index is 12.2. The number of pyridine rings is 1. The molecule has 164 valence electrons. The van der Waals surface area contributed by atoms with Gasteiger partial charge < -0.3 is 24.5 Å². The van der Waals surface area contributed by atoms with E-state index in [0.29, 0.717) is 11.8 Å². The van der Waals surface area contributed by atoms with Gasteiger partial charge in [-0.1, -0.05) is 19.3 Å². The fraction of sp³-hybridized carbons (Fsp3) is 0.375. The zero-order valence-corrected chi connectivity index (χ0v) is 18.3. The molecule has 8 nitrogen and oxygen atoms in total. The lowest BCUT2D eigenvalue weighted by Crippen LogP contribution is -2.39. The van der Waals surface area contributed by atoms with E-state index in [4.69, 9.17) is 4.42 Å². The summed E-state index contributed by atoms with van der Waals surface area (Å²) in [4.78, 5) is 23.8. The number of H-pyrrole nitrogens is 1. The molecule has 8 heteroatoms. The second kappa shape index (κ2) is 8.08. The van der Waals surface area contributed by atoms with Gasteiger partial charge in [0.1, 0.15) is 28.8 Å². The molecule has 1 unspecified atom stereocenters. The van der Waals surface area contributed by atoms with Crippen LogP contribution >= 0.6 is 0 Å². The molecule has 5 rings (SSSR count). The molecule has 3 aromatic heterocycles. The second-order valence-electron chi connectivity index (χ2n) is 8.62. The molecule has 0 radical (unpaired) electrons. The third-order valence-corrected chi connectivity index (χ3v) is 6.32. The lowest BCUT2D eigenvalue weighted by Gasteiger charge is -2.36. The maximum Gasteiger partial charge on any atom is 0.264 e. The summed E-state index contributed by atoms with van der Waals surface area (Å²) in [6, 6.07) is 8.17. The van der Waals surface area contributed by atoms with Crippen LogP contribution in [-0.4, -0.2) is 40.9 Å². The summed E-state index contributed by atoms with van der Waals surface area (Å²) in [5, 5.41) is 14.1. The Morgan fingerprint density at radius 2 is 2.09 bits per heavy atom. The Kier molecular flexibility index (Phi) is 5.10. The van der Waals surface area contributed by atoms with Crippen molar-refractivity contribution in [2.24, 2.45) is 0 Å². The highest BCUT2D eigenvalue weighted by Gasteiger charge is 2.38. The highest BCUT2D eigenvalue weighted by atomic mass is 16.3. The molecule has 4 heterocycles. The minimum absolute atomic E-state index is 0.0425. The summed E-state index contributed by atoms with van der Waals surface area (Å²) in [7, 11) is 3.25. The number of aromatic nitrogens is 2. The Bertz CT molecular complexity index is 1220. The lowest BCUT2D eigenvalue weighted by molar-refractivity contribution is -0.124. The van der Waals surface area contributed by atoms with Crippen LogP contribution in [0.3, 0.4) is 0 Å². The van der Waals surface area contributed by atoms with E-state index >= 15 is 0 Å². The van der Waals surface area contributed by atoms with Crippen LogP contribution in [0.4, 0.5) is 11.4 Å². The summed E-state index contributed by atoms with van der Waals surface area (Å²) < 4.78 is 6.15. The Labute approximate surface area is 186 Å². The van der Waals surface area contributed by atoms with Gasteiger partial charge in [0.25, 0.3) is 5.91 Å². The number of aromatic amines is 1. The van der Waals surface area contributed by atoms with Crippen LogP contribution in [0.2, 0.25) is 0 Å². The molecule has 1 aliphatic carbocycles. The van der Waals surface area contributed by atoms with Gasteiger partial charge in [-0.05, 0) is 31.0 Å². The number of carbonyl (C=O) groups excluding carboxylic acids is 1. The summed E-state index contributed by atoms with van der Waals surface area (Å²) in [5.41, 5.74) is 3.06. The Balaban J connectivity index is 1.53. The van der Waals surface area contributed by atoms with E-state index in [1.165, 1.54) is 30.2 Å². The summed E-state index contributed by atoms with van der Waals surface area (Å²) in [6.45, 7) is 0. The molecule has 0 saturated heterocycles. The SMILES string of the molecule is CN(C)C(=O)/C(C#N)=C/c1ccc(C2Nc3cnc4[nH]ccc4c3N2C2CCCCC2)o1. The number of rotatable bonds is 4. The molecule has 1 atom stereocenters. The van der Waals surface area contributed by atoms with E-state index in [0.717, 1.165) is 41.0 Å². The highest BCUT2D eigenvalue weighted by molar-refractivity contribution is 6.01. The molecule has 32 heavy (non-hydrogen) atoms. The van der Waals surface area contributed by atoms with Crippen LogP contribution in [0.15, 0.2) is 40.6 Å². The van der Waals surface area contributed by atoms with Crippen molar-refractivity contribution in [1.29, 1.82) is 5.26 Å². The van der Waals surface area contributed by atoms with Gasteiger partial charge >= 0.3 is 0 Å². The molecular weight excluding hydrogens is 404 g/mol. The van der Waals surface area contributed by atoms with Crippen molar-refractivity contribution in [1.82, 2.24) is 14.9 Å². The molecule has 1 fully saturated rings. The third kappa shape index (κ3) is 3.40. The van der Waals surface area contributed by atoms with E-state index < -0.39 is 0 Å². The van der Waals surface area contributed by atoms with E-state index in [2.05, 4.69) is 26.3 Å². The minimum Gasteiger partial charge on any atom is -0.457 e. The van der Waals surface area contributed by atoms with Gasteiger partial charge in [-0.15, -0.1) is 0 Å². The standard InChI is InChI=1S/C24H26N6O2/c1-29(2)24(31)15(13-25)12-17-8-9-20(32-17)23-28-19-14-27-22-18(10-11-26-22)21(19)30(23)16-6-4-3-5-7-16/h8-12,14,16,23,28H,3-7H2,1-2H3,(H,26,27)/b15-12+. The van der Waals surface area contributed by atoms with E-state index in [1.54, 1.807) is 14.1 Å². The predicted octanol–water partition coefficient (Wildman–Crippen LogP) is 4.41. The molecule has 0 spiro atoms. The number of nitrogens with zero attached hydrogens (tertiary/aromatic N) is 4.